The molecule has 4 aromatic rings. The summed E-state index contributed by atoms with van der Waals surface area (Å²) in [5.74, 6) is 1.09. The maximum atomic E-state index is 13.1. The van der Waals surface area contributed by atoms with Crippen molar-refractivity contribution in [2.75, 3.05) is 13.1 Å². The molecule has 180 valence electrons. The summed E-state index contributed by atoms with van der Waals surface area (Å²) in [6.07, 6.45) is 3.67. The maximum Gasteiger partial charge on any atom is 0.261 e. The van der Waals surface area contributed by atoms with Gasteiger partial charge < -0.3 is 5.73 Å². The van der Waals surface area contributed by atoms with E-state index in [4.69, 9.17) is 5.73 Å². The number of benzene rings is 2. The number of hydrogen-bond acceptors (Lipinski definition) is 7. The third kappa shape index (κ3) is 5.13. The molecule has 1 saturated heterocycles. The Bertz CT molecular complexity index is 1390. The van der Waals surface area contributed by atoms with Crippen molar-refractivity contribution >= 4 is 28.6 Å². The van der Waals surface area contributed by atoms with Crippen LogP contribution in [-0.2, 0) is 23.6 Å². The number of para-hydroxylation sites is 2. The van der Waals surface area contributed by atoms with Gasteiger partial charge in [-0.15, -0.1) is 10.2 Å². The lowest BCUT2D eigenvalue weighted by molar-refractivity contribution is -0.118. The molecule has 9 nitrogen and oxygen atoms in total. The van der Waals surface area contributed by atoms with Gasteiger partial charge in [0.2, 0.25) is 5.91 Å². The number of thioether (sulfide) groups is 1. The number of rotatable bonds is 8. The van der Waals surface area contributed by atoms with E-state index in [1.807, 2.05) is 36.4 Å². The van der Waals surface area contributed by atoms with Crippen molar-refractivity contribution in [2.24, 2.45) is 5.73 Å². The van der Waals surface area contributed by atoms with Gasteiger partial charge in [-0.3, -0.25) is 23.6 Å². The fourth-order valence-electron chi connectivity index (χ4n) is 4.42. The summed E-state index contributed by atoms with van der Waals surface area (Å²) in [4.78, 5) is 31.9. The van der Waals surface area contributed by atoms with Crippen molar-refractivity contribution in [3.8, 4) is 5.69 Å². The molecule has 0 aliphatic carbocycles. The number of primary amides is 1. The lowest BCUT2D eigenvalue weighted by Gasteiger charge is -2.26. The van der Waals surface area contributed by atoms with E-state index in [2.05, 4.69) is 24.6 Å². The highest BCUT2D eigenvalue weighted by molar-refractivity contribution is 7.98. The summed E-state index contributed by atoms with van der Waals surface area (Å²) in [6, 6.07) is 17.1. The predicted octanol–water partition coefficient (Wildman–Crippen LogP) is 2.74. The third-order valence-electron chi connectivity index (χ3n) is 6.11. The SMILES string of the molecule is NC(=O)Cn1c(CSc2nnc(CN3CCCCC3)n2-c2ccccc2)nc2ccccc2c1=O. The zero-order valence-corrected chi connectivity index (χ0v) is 20.2. The van der Waals surface area contributed by atoms with E-state index in [1.54, 1.807) is 18.2 Å². The van der Waals surface area contributed by atoms with E-state index in [0.29, 0.717) is 27.6 Å². The van der Waals surface area contributed by atoms with Crippen LogP contribution >= 0.6 is 11.8 Å². The van der Waals surface area contributed by atoms with Gasteiger partial charge in [0.1, 0.15) is 12.4 Å². The molecule has 0 bridgehead atoms. The smallest absolute Gasteiger partial charge is 0.261 e. The molecule has 3 heterocycles. The van der Waals surface area contributed by atoms with Crippen LogP contribution in [0.15, 0.2) is 64.5 Å². The van der Waals surface area contributed by atoms with E-state index in [9.17, 15) is 9.59 Å². The van der Waals surface area contributed by atoms with Gasteiger partial charge in [0.25, 0.3) is 5.56 Å². The van der Waals surface area contributed by atoms with Gasteiger partial charge in [-0.05, 0) is 50.2 Å². The van der Waals surface area contributed by atoms with Crippen molar-refractivity contribution in [3.63, 3.8) is 0 Å². The topological polar surface area (TPSA) is 112 Å². The van der Waals surface area contributed by atoms with Crippen molar-refractivity contribution in [2.45, 2.75) is 43.3 Å². The minimum atomic E-state index is -0.591. The van der Waals surface area contributed by atoms with Crippen LogP contribution in [0.5, 0.6) is 0 Å². The molecule has 0 unspecified atom stereocenters. The number of likely N-dealkylation sites (tertiary alicyclic amines) is 1. The summed E-state index contributed by atoms with van der Waals surface area (Å²) in [6.45, 7) is 2.62. The van der Waals surface area contributed by atoms with Crippen molar-refractivity contribution < 1.29 is 4.79 Å². The number of carbonyl (C=O) groups excluding carboxylic acids is 1. The van der Waals surface area contributed by atoms with Crippen molar-refractivity contribution in [1.29, 1.82) is 0 Å². The summed E-state index contributed by atoms with van der Waals surface area (Å²) < 4.78 is 3.42. The van der Waals surface area contributed by atoms with Gasteiger partial charge in [-0.1, -0.05) is 48.5 Å². The minimum Gasteiger partial charge on any atom is -0.368 e. The Morgan fingerprint density at radius 2 is 1.69 bits per heavy atom. The largest absolute Gasteiger partial charge is 0.368 e. The van der Waals surface area contributed by atoms with Crippen LogP contribution in [-0.4, -0.2) is 48.2 Å². The van der Waals surface area contributed by atoms with Gasteiger partial charge in [0.05, 0.1) is 23.2 Å². The van der Waals surface area contributed by atoms with Crippen molar-refractivity contribution in [1.82, 2.24) is 29.2 Å². The second-order valence-corrected chi connectivity index (χ2v) is 9.54. The second kappa shape index (κ2) is 10.4. The Hall–Kier alpha value is -3.50. The second-order valence-electron chi connectivity index (χ2n) is 8.60. The first kappa shape index (κ1) is 23.3. The van der Waals surface area contributed by atoms with E-state index >= 15 is 0 Å². The van der Waals surface area contributed by atoms with E-state index in [-0.39, 0.29) is 12.1 Å². The molecule has 2 N–H and O–H groups in total. The fourth-order valence-corrected chi connectivity index (χ4v) is 5.34. The average Bonchev–Trinajstić information content (AvgIpc) is 3.28. The van der Waals surface area contributed by atoms with Crippen LogP contribution in [0.3, 0.4) is 0 Å². The van der Waals surface area contributed by atoms with Crippen molar-refractivity contribution in [3.05, 3.63) is 76.6 Å². The Morgan fingerprint density at radius 3 is 2.46 bits per heavy atom. The number of amides is 1. The highest BCUT2D eigenvalue weighted by Gasteiger charge is 2.20. The molecule has 5 rings (SSSR count). The molecule has 0 atom stereocenters. The quantitative estimate of drug-likeness (QED) is 0.379. The summed E-state index contributed by atoms with van der Waals surface area (Å²) in [7, 11) is 0. The highest BCUT2D eigenvalue weighted by Crippen LogP contribution is 2.26. The first-order valence-electron chi connectivity index (χ1n) is 11.7. The van der Waals surface area contributed by atoms with Gasteiger partial charge in [0.15, 0.2) is 11.0 Å². The molecular weight excluding hydrogens is 462 g/mol. The standard InChI is InChI=1S/C25H27N7O2S/c26-21(33)15-31-23(27-20-12-6-5-11-19(20)24(31)34)17-35-25-29-28-22(16-30-13-7-2-8-14-30)32(25)18-9-3-1-4-10-18/h1,3-6,9-12H,2,7-8,13-17H2,(H2,26,33). The summed E-state index contributed by atoms with van der Waals surface area (Å²) in [5, 5.41) is 10.2. The zero-order valence-electron chi connectivity index (χ0n) is 19.3. The Morgan fingerprint density at radius 1 is 0.943 bits per heavy atom. The van der Waals surface area contributed by atoms with Gasteiger partial charge >= 0.3 is 0 Å². The Kier molecular flexibility index (Phi) is 6.91. The lowest BCUT2D eigenvalue weighted by Crippen LogP contribution is -2.31. The molecular formula is C25H27N7O2S. The molecule has 2 aromatic carbocycles. The maximum absolute atomic E-state index is 13.1. The lowest BCUT2D eigenvalue weighted by atomic mass is 10.1. The molecule has 0 saturated carbocycles. The number of nitrogens with zero attached hydrogens (tertiary/aromatic N) is 6. The van der Waals surface area contributed by atoms with E-state index < -0.39 is 5.91 Å². The van der Waals surface area contributed by atoms with Gasteiger partial charge in [-0.2, -0.15) is 0 Å². The van der Waals surface area contributed by atoms with Gasteiger partial charge in [0, 0.05) is 5.69 Å². The Labute approximate surface area is 207 Å². The van der Waals surface area contributed by atoms with Crippen LogP contribution in [0.25, 0.3) is 16.6 Å². The number of aromatic nitrogens is 5. The first-order chi connectivity index (χ1) is 17.1. The number of hydrogen-bond donors (Lipinski definition) is 1. The summed E-state index contributed by atoms with van der Waals surface area (Å²) in [5.41, 5.74) is 6.73. The first-order valence-corrected chi connectivity index (χ1v) is 12.7. The fraction of sp³-hybridized carbons (Fsp3) is 0.320. The molecule has 2 aromatic heterocycles. The van der Waals surface area contributed by atoms with Crippen LogP contribution in [0.4, 0.5) is 0 Å². The van der Waals surface area contributed by atoms with Crippen LogP contribution < -0.4 is 11.3 Å². The number of fused-ring (bicyclic) bond motifs is 1. The zero-order chi connectivity index (χ0) is 24.2. The van der Waals surface area contributed by atoms with Crippen LogP contribution in [0.2, 0.25) is 0 Å². The Balaban J connectivity index is 1.49. The minimum absolute atomic E-state index is 0.224. The molecule has 1 fully saturated rings. The van der Waals surface area contributed by atoms with Crippen LogP contribution in [0, 0.1) is 0 Å². The monoisotopic (exact) mass is 489 g/mol. The molecule has 1 aliphatic rings. The molecule has 10 heteroatoms. The third-order valence-corrected chi connectivity index (χ3v) is 7.04. The predicted molar refractivity (Wildman–Crippen MR) is 135 cm³/mol. The molecule has 0 radical (unpaired) electrons. The number of piperidine rings is 1. The normalized spacial score (nSPS) is 14.4. The average molecular weight is 490 g/mol. The molecule has 0 spiro atoms. The number of carbonyl (C=O) groups is 1. The van der Waals surface area contributed by atoms with Gasteiger partial charge in [-0.25, -0.2) is 4.98 Å². The number of nitrogens with two attached hydrogens (primary N) is 1. The molecule has 1 amide bonds. The molecule has 1 aliphatic heterocycles. The molecule has 35 heavy (non-hydrogen) atoms. The van der Waals surface area contributed by atoms with E-state index in [0.717, 1.165) is 31.1 Å². The summed E-state index contributed by atoms with van der Waals surface area (Å²) >= 11 is 1.43. The highest BCUT2D eigenvalue weighted by atomic mass is 32.2. The van der Waals surface area contributed by atoms with E-state index in [1.165, 1.54) is 35.6 Å². The van der Waals surface area contributed by atoms with Crippen LogP contribution in [0.1, 0.15) is 30.9 Å².